The van der Waals surface area contributed by atoms with Crippen molar-refractivity contribution in [3.8, 4) is 0 Å². The van der Waals surface area contributed by atoms with Gasteiger partial charge in [0.05, 0.1) is 4.88 Å². The third kappa shape index (κ3) is 2.81. The first-order chi connectivity index (χ1) is 8.06. The van der Waals surface area contributed by atoms with Crippen molar-refractivity contribution < 1.29 is 4.79 Å². The van der Waals surface area contributed by atoms with Crippen LogP contribution in [0.4, 0.5) is 5.82 Å². The number of nitrogens with one attached hydrogen (secondary N) is 1. The second kappa shape index (κ2) is 4.81. The number of rotatable bonds is 2. The average molecular weight is 268 g/mol. The summed E-state index contributed by atoms with van der Waals surface area (Å²) in [5.74, 6) is 0.222. The molecule has 2 aromatic heterocycles. The molecule has 6 heteroatoms. The van der Waals surface area contributed by atoms with Crippen LogP contribution in [0.25, 0.3) is 0 Å². The largest absolute Gasteiger partial charge is 0.306 e. The van der Waals surface area contributed by atoms with Crippen LogP contribution >= 0.6 is 22.9 Å². The Morgan fingerprint density at radius 1 is 1.35 bits per heavy atom. The first-order valence-corrected chi connectivity index (χ1v) is 6.11. The zero-order valence-corrected chi connectivity index (χ0v) is 10.9. The van der Waals surface area contributed by atoms with Gasteiger partial charge in [-0.25, -0.2) is 9.97 Å². The van der Waals surface area contributed by atoms with E-state index in [-0.39, 0.29) is 5.91 Å². The van der Waals surface area contributed by atoms with Gasteiger partial charge in [0.1, 0.15) is 17.3 Å². The van der Waals surface area contributed by atoms with Crippen LogP contribution in [-0.4, -0.2) is 15.9 Å². The van der Waals surface area contributed by atoms with E-state index >= 15 is 0 Å². The Bertz CT molecular complexity index is 548. The molecule has 0 radical (unpaired) electrons. The molecule has 0 aliphatic carbocycles. The zero-order valence-electron chi connectivity index (χ0n) is 9.32. The number of carbonyl (C=O) groups is 1. The number of nitrogens with zero attached hydrogens (tertiary/aromatic N) is 2. The normalized spacial score (nSPS) is 10.3. The van der Waals surface area contributed by atoms with Gasteiger partial charge in [-0.3, -0.25) is 4.79 Å². The number of hydrogen-bond acceptors (Lipinski definition) is 4. The van der Waals surface area contributed by atoms with Gasteiger partial charge in [0.25, 0.3) is 5.91 Å². The number of carbonyl (C=O) groups excluding carboxylic acids is 1. The van der Waals surface area contributed by atoms with E-state index in [1.165, 1.54) is 23.7 Å². The van der Waals surface area contributed by atoms with E-state index in [0.717, 1.165) is 10.4 Å². The summed E-state index contributed by atoms with van der Waals surface area (Å²) in [5, 5.41) is 2.98. The van der Waals surface area contributed by atoms with Gasteiger partial charge in [0.2, 0.25) is 0 Å². The van der Waals surface area contributed by atoms with Crippen LogP contribution in [0.15, 0.2) is 18.5 Å². The van der Waals surface area contributed by atoms with Crippen molar-refractivity contribution in [1.29, 1.82) is 0 Å². The molecule has 2 heterocycles. The van der Waals surface area contributed by atoms with Crippen molar-refractivity contribution >= 4 is 34.7 Å². The monoisotopic (exact) mass is 267 g/mol. The van der Waals surface area contributed by atoms with Crippen molar-refractivity contribution in [2.75, 3.05) is 5.32 Å². The fourth-order valence-corrected chi connectivity index (χ4v) is 2.34. The van der Waals surface area contributed by atoms with Crippen LogP contribution in [0.3, 0.4) is 0 Å². The van der Waals surface area contributed by atoms with Crippen molar-refractivity contribution in [3.05, 3.63) is 38.9 Å². The minimum atomic E-state index is -0.180. The van der Waals surface area contributed by atoms with E-state index in [9.17, 15) is 4.79 Å². The van der Waals surface area contributed by atoms with Crippen LogP contribution in [0, 0.1) is 13.8 Å². The summed E-state index contributed by atoms with van der Waals surface area (Å²) in [6, 6.07) is 3.37. The Labute approximate surface area is 108 Å². The van der Waals surface area contributed by atoms with Crippen molar-refractivity contribution in [3.63, 3.8) is 0 Å². The molecule has 0 fully saturated rings. The maximum Gasteiger partial charge on any atom is 0.266 e. The minimum Gasteiger partial charge on any atom is -0.306 e. The van der Waals surface area contributed by atoms with Gasteiger partial charge in [0, 0.05) is 10.9 Å². The predicted octanol–water partition coefficient (Wildman–Crippen LogP) is 3.06. The second-order valence-corrected chi connectivity index (χ2v) is 5.17. The van der Waals surface area contributed by atoms with Crippen LogP contribution in [0.1, 0.15) is 20.1 Å². The first-order valence-electron chi connectivity index (χ1n) is 4.92. The molecule has 0 saturated heterocycles. The average Bonchev–Trinajstić information content (AvgIpc) is 2.59. The highest BCUT2D eigenvalue weighted by Gasteiger charge is 2.11. The Balaban J connectivity index is 2.17. The van der Waals surface area contributed by atoms with Gasteiger partial charge in [0.15, 0.2) is 0 Å². The van der Waals surface area contributed by atoms with Gasteiger partial charge in [-0.05, 0) is 25.5 Å². The highest BCUT2D eigenvalue weighted by atomic mass is 35.5. The molecule has 0 saturated carbocycles. The fraction of sp³-hybridized carbons (Fsp3) is 0.182. The number of halogens is 1. The highest BCUT2D eigenvalue weighted by Crippen LogP contribution is 2.21. The predicted molar refractivity (Wildman–Crippen MR) is 68.8 cm³/mol. The zero-order chi connectivity index (χ0) is 12.4. The lowest BCUT2D eigenvalue weighted by Crippen LogP contribution is -2.11. The molecule has 2 aromatic rings. The summed E-state index contributed by atoms with van der Waals surface area (Å²) in [4.78, 5) is 21.3. The highest BCUT2D eigenvalue weighted by molar-refractivity contribution is 7.14. The molecular formula is C11H10ClN3OS. The number of hydrogen-bond donors (Lipinski definition) is 1. The Morgan fingerprint density at radius 2 is 2.12 bits per heavy atom. The smallest absolute Gasteiger partial charge is 0.266 e. The standard InChI is InChI=1S/C11H10ClN3OS/c1-6-3-8(17-7(6)2)11(16)15-10-4-9(12)13-5-14-10/h3-5H,1-2H3,(H,13,14,15,16). The van der Waals surface area contributed by atoms with Gasteiger partial charge in [-0.15, -0.1) is 11.3 Å². The molecule has 1 N–H and O–H groups in total. The summed E-state index contributed by atoms with van der Waals surface area (Å²) in [5.41, 5.74) is 1.11. The van der Waals surface area contributed by atoms with Crippen LogP contribution < -0.4 is 5.32 Å². The van der Waals surface area contributed by atoms with Crippen LogP contribution in [-0.2, 0) is 0 Å². The maximum absolute atomic E-state index is 11.9. The van der Waals surface area contributed by atoms with Crippen molar-refractivity contribution in [2.24, 2.45) is 0 Å². The summed E-state index contributed by atoms with van der Waals surface area (Å²) in [7, 11) is 0. The third-order valence-corrected chi connectivity index (χ3v) is 3.62. The molecule has 0 spiro atoms. The number of aromatic nitrogens is 2. The van der Waals surface area contributed by atoms with E-state index in [1.807, 2.05) is 19.9 Å². The molecule has 0 atom stereocenters. The summed E-state index contributed by atoms with van der Waals surface area (Å²) < 4.78 is 0. The Morgan fingerprint density at radius 3 is 2.71 bits per heavy atom. The molecule has 0 unspecified atom stereocenters. The first kappa shape index (κ1) is 12.0. The summed E-state index contributed by atoms with van der Waals surface area (Å²) in [6.07, 6.45) is 1.31. The lowest BCUT2D eigenvalue weighted by Gasteiger charge is -2.01. The molecule has 0 bridgehead atoms. The topological polar surface area (TPSA) is 54.9 Å². The molecule has 4 nitrogen and oxygen atoms in total. The lowest BCUT2D eigenvalue weighted by atomic mass is 10.3. The molecule has 1 amide bonds. The Kier molecular flexibility index (Phi) is 3.40. The number of aryl methyl sites for hydroxylation is 2. The molecule has 2 rings (SSSR count). The molecule has 0 aromatic carbocycles. The molecule has 0 aliphatic heterocycles. The van der Waals surface area contributed by atoms with Gasteiger partial charge in [-0.1, -0.05) is 11.6 Å². The molecule has 0 aliphatic rings. The molecular weight excluding hydrogens is 258 g/mol. The third-order valence-electron chi connectivity index (χ3n) is 2.27. The summed E-state index contributed by atoms with van der Waals surface area (Å²) in [6.45, 7) is 3.96. The van der Waals surface area contributed by atoms with E-state index in [4.69, 9.17) is 11.6 Å². The van der Waals surface area contributed by atoms with Gasteiger partial charge >= 0.3 is 0 Å². The van der Waals surface area contributed by atoms with Crippen LogP contribution in [0.5, 0.6) is 0 Å². The number of anilines is 1. The lowest BCUT2D eigenvalue weighted by molar-refractivity contribution is 0.103. The van der Waals surface area contributed by atoms with Crippen molar-refractivity contribution in [2.45, 2.75) is 13.8 Å². The quantitative estimate of drug-likeness (QED) is 0.851. The SMILES string of the molecule is Cc1cc(C(=O)Nc2cc(Cl)ncn2)sc1C. The van der Waals surface area contributed by atoms with Crippen LogP contribution in [0.2, 0.25) is 5.15 Å². The summed E-state index contributed by atoms with van der Waals surface area (Å²) >= 11 is 7.16. The fourth-order valence-electron chi connectivity index (χ4n) is 1.26. The van der Waals surface area contributed by atoms with Crippen molar-refractivity contribution in [1.82, 2.24) is 9.97 Å². The Hall–Kier alpha value is -1.46. The number of thiophene rings is 1. The minimum absolute atomic E-state index is 0.180. The van der Waals surface area contributed by atoms with Gasteiger partial charge < -0.3 is 5.32 Å². The molecule has 88 valence electrons. The van der Waals surface area contributed by atoms with E-state index in [2.05, 4.69) is 15.3 Å². The van der Waals surface area contributed by atoms with Gasteiger partial charge in [-0.2, -0.15) is 0 Å². The number of amides is 1. The van der Waals surface area contributed by atoms with E-state index in [1.54, 1.807) is 0 Å². The molecule has 17 heavy (non-hydrogen) atoms. The second-order valence-electron chi connectivity index (χ2n) is 3.53. The van der Waals surface area contributed by atoms with E-state index < -0.39 is 0 Å². The maximum atomic E-state index is 11.9. The van der Waals surface area contributed by atoms with E-state index in [0.29, 0.717) is 15.8 Å².